The van der Waals surface area contributed by atoms with Crippen molar-refractivity contribution in [3.05, 3.63) is 78.2 Å². The lowest BCUT2D eigenvalue weighted by atomic mass is 10.0. The number of hydrogen-bond acceptors (Lipinski definition) is 4. The van der Waals surface area contributed by atoms with Crippen molar-refractivity contribution in [1.82, 2.24) is 14.5 Å². The summed E-state index contributed by atoms with van der Waals surface area (Å²) in [6, 6.07) is 20.3. The van der Waals surface area contributed by atoms with E-state index in [2.05, 4.69) is 48.9 Å². The molecule has 4 rings (SSSR count). The van der Waals surface area contributed by atoms with Gasteiger partial charge >= 0.3 is 6.09 Å². The standard InChI is InChI=1S/C25H30N4O2/c1-18(2)23(29-16-21(13-14-26)31-25(29)30)24-27-22(20-11-7-4-8-12-20)17-28(24)15-19-9-5-3-6-10-19/h3-12,17-18,21,23H,13-16,26H2,1-2H3. The van der Waals surface area contributed by atoms with E-state index < -0.39 is 0 Å². The highest BCUT2D eigenvalue weighted by Gasteiger charge is 2.39. The van der Waals surface area contributed by atoms with Crippen molar-refractivity contribution in [3.63, 3.8) is 0 Å². The summed E-state index contributed by atoms with van der Waals surface area (Å²) in [4.78, 5) is 19.6. The second-order valence-corrected chi connectivity index (χ2v) is 8.39. The molecule has 3 aromatic rings. The number of benzene rings is 2. The Morgan fingerprint density at radius 1 is 1.10 bits per heavy atom. The maximum absolute atomic E-state index is 12.8. The van der Waals surface area contributed by atoms with Crippen LogP contribution in [0.15, 0.2) is 66.9 Å². The minimum atomic E-state index is -0.285. The summed E-state index contributed by atoms with van der Waals surface area (Å²) in [5.74, 6) is 1.05. The van der Waals surface area contributed by atoms with E-state index in [0.29, 0.717) is 26.1 Å². The van der Waals surface area contributed by atoms with Crippen LogP contribution in [0.3, 0.4) is 0 Å². The van der Waals surface area contributed by atoms with Gasteiger partial charge in [-0.05, 0) is 24.4 Å². The predicted molar refractivity (Wildman–Crippen MR) is 121 cm³/mol. The third kappa shape index (κ3) is 4.64. The van der Waals surface area contributed by atoms with Crippen molar-refractivity contribution in [1.29, 1.82) is 0 Å². The molecule has 1 aliphatic rings. The number of rotatable bonds is 8. The second-order valence-electron chi connectivity index (χ2n) is 8.39. The van der Waals surface area contributed by atoms with Crippen LogP contribution < -0.4 is 5.73 Å². The summed E-state index contributed by atoms with van der Waals surface area (Å²) in [5, 5.41) is 0. The lowest BCUT2D eigenvalue weighted by Gasteiger charge is -2.29. The van der Waals surface area contributed by atoms with E-state index in [1.165, 1.54) is 5.56 Å². The summed E-state index contributed by atoms with van der Waals surface area (Å²) in [6.07, 6.45) is 2.31. The number of amides is 1. The topological polar surface area (TPSA) is 73.4 Å². The molecule has 2 atom stereocenters. The molecule has 0 aliphatic carbocycles. The van der Waals surface area contributed by atoms with Crippen LogP contribution in [-0.2, 0) is 11.3 Å². The van der Waals surface area contributed by atoms with Gasteiger partial charge in [-0.1, -0.05) is 74.5 Å². The average molecular weight is 419 g/mol. The highest BCUT2D eigenvalue weighted by Crippen LogP contribution is 2.34. The van der Waals surface area contributed by atoms with Gasteiger partial charge in [0, 0.05) is 18.3 Å². The average Bonchev–Trinajstić information content (AvgIpc) is 3.34. The maximum Gasteiger partial charge on any atom is 0.410 e. The second kappa shape index (κ2) is 9.35. The van der Waals surface area contributed by atoms with Gasteiger partial charge in [0.15, 0.2) is 0 Å². The zero-order chi connectivity index (χ0) is 21.8. The third-order valence-electron chi connectivity index (χ3n) is 5.70. The van der Waals surface area contributed by atoms with E-state index >= 15 is 0 Å². The first kappa shape index (κ1) is 21.1. The van der Waals surface area contributed by atoms with E-state index in [4.69, 9.17) is 15.5 Å². The molecule has 2 unspecified atom stereocenters. The molecule has 6 nitrogen and oxygen atoms in total. The largest absolute Gasteiger partial charge is 0.444 e. The summed E-state index contributed by atoms with van der Waals surface area (Å²) in [6.45, 7) is 5.97. The van der Waals surface area contributed by atoms with Gasteiger partial charge in [-0.25, -0.2) is 9.78 Å². The molecule has 0 spiro atoms. The van der Waals surface area contributed by atoms with Crippen LogP contribution >= 0.6 is 0 Å². The number of nitrogens with two attached hydrogens (primary N) is 1. The molecule has 1 amide bonds. The number of imidazole rings is 1. The summed E-state index contributed by atoms with van der Waals surface area (Å²) < 4.78 is 7.76. The molecule has 2 heterocycles. The van der Waals surface area contributed by atoms with Crippen molar-refractivity contribution in [3.8, 4) is 11.3 Å². The van der Waals surface area contributed by atoms with Crippen LogP contribution in [0.5, 0.6) is 0 Å². The molecule has 1 aliphatic heterocycles. The lowest BCUT2D eigenvalue weighted by Crippen LogP contribution is -2.35. The molecule has 0 radical (unpaired) electrons. The quantitative estimate of drug-likeness (QED) is 0.586. The molecule has 0 saturated carbocycles. The molecule has 1 saturated heterocycles. The van der Waals surface area contributed by atoms with E-state index in [9.17, 15) is 4.79 Å². The van der Waals surface area contributed by atoms with E-state index in [1.807, 2.05) is 41.3 Å². The first-order valence-electron chi connectivity index (χ1n) is 10.9. The normalized spacial score (nSPS) is 17.2. The van der Waals surface area contributed by atoms with Crippen LogP contribution in [-0.4, -0.2) is 39.7 Å². The number of carbonyl (C=O) groups is 1. The van der Waals surface area contributed by atoms with Crippen molar-refractivity contribution in [2.24, 2.45) is 11.7 Å². The van der Waals surface area contributed by atoms with Gasteiger partial charge in [0.05, 0.1) is 18.3 Å². The number of hydrogen-bond donors (Lipinski definition) is 1. The molecule has 162 valence electrons. The highest BCUT2D eigenvalue weighted by molar-refractivity contribution is 5.70. The Hall–Kier alpha value is -3.12. The molecular formula is C25H30N4O2. The van der Waals surface area contributed by atoms with E-state index in [0.717, 1.165) is 17.1 Å². The molecule has 6 heteroatoms. The third-order valence-corrected chi connectivity index (χ3v) is 5.70. The molecule has 0 bridgehead atoms. The van der Waals surface area contributed by atoms with Gasteiger partial charge in [-0.3, -0.25) is 4.90 Å². The van der Waals surface area contributed by atoms with Crippen LogP contribution in [0.4, 0.5) is 4.79 Å². The highest BCUT2D eigenvalue weighted by atomic mass is 16.6. The van der Waals surface area contributed by atoms with Gasteiger partial charge in [-0.2, -0.15) is 0 Å². The number of nitrogens with zero attached hydrogens (tertiary/aromatic N) is 3. The summed E-state index contributed by atoms with van der Waals surface area (Å²) in [7, 11) is 0. The smallest absolute Gasteiger partial charge is 0.410 e. The zero-order valence-corrected chi connectivity index (χ0v) is 18.1. The Balaban J connectivity index is 1.74. The number of aromatic nitrogens is 2. The van der Waals surface area contributed by atoms with Crippen LogP contribution in [0.25, 0.3) is 11.3 Å². The van der Waals surface area contributed by atoms with Gasteiger partial charge < -0.3 is 15.0 Å². The first-order chi connectivity index (χ1) is 15.1. The zero-order valence-electron chi connectivity index (χ0n) is 18.1. The van der Waals surface area contributed by atoms with Gasteiger partial charge in [0.1, 0.15) is 11.9 Å². The molecule has 1 aromatic heterocycles. The number of cyclic esters (lactones) is 1. The molecular weight excluding hydrogens is 388 g/mol. The monoisotopic (exact) mass is 418 g/mol. The van der Waals surface area contributed by atoms with Crippen LogP contribution in [0.2, 0.25) is 0 Å². The Morgan fingerprint density at radius 3 is 2.42 bits per heavy atom. The van der Waals surface area contributed by atoms with Crippen LogP contribution in [0, 0.1) is 5.92 Å². The molecule has 31 heavy (non-hydrogen) atoms. The maximum atomic E-state index is 12.8. The Kier molecular flexibility index (Phi) is 6.37. The van der Waals surface area contributed by atoms with Crippen molar-refractivity contribution in [2.45, 2.75) is 39.0 Å². The van der Waals surface area contributed by atoms with Crippen molar-refractivity contribution < 1.29 is 9.53 Å². The molecule has 1 fully saturated rings. The first-order valence-corrected chi connectivity index (χ1v) is 10.9. The summed E-state index contributed by atoms with van der Waals surface area (Å²) >= 11 is 0. The lowest BCUT2D eigenvalue weighted by molar-refractivity contribution is 0.119. The van der Waals surface area contributed by atoms with E-state index in [-0.39, 0.29) is 24.2 Å². The van der Waals surface area contributed by atoms with Gasteiger partial charge in [0.25, 0.3) is 0 Å². The Bertz CT molecular complexity index is 1000. The molecule has 2 aromatic carbocycles. The van der Waals surface area contributed by atoms with Gasteiger partial charge in [-0.15, -0.1) is 0 Å². The van der Waals surface area contributed by atoms with Crippen molar-refractivity contribution in [2.75, 3.05) is 13.1 Å². The van der Waals surface area contributed by atoms with E-state index in [1.54, 1.807) is 0 Å². The minimum absolute atomic E-state index is 0.162. The minimum Gasteiger partial charge on any atom is -0.444 e. The number of ether oxygens (including phenoxy) is 1. The fraction of sp³-hybridized carbons (Fsp3) is 0.360. The predicted octanol–water partition coefficient (Wildman–Crippen LogP) is 4.47. The Morgan fingerprint density at radius 2 is 1.77 bits per heavy atom. The van der Waals surface area contributed by atoms with Gasteiger partial charge in [0.2, 0.25) is 0 Å². The molecule has 2 N–H and O–H groups in total. The number of carbonyl (C=O) groups excluding carboxylic acids is 1. The van der Waals surface area contributed by atoms with Crippen LogP contribution in [0.1, 0.15) is 37.7 Å². The van der Waals surface area contributed by atoms with Crippen molar-refractivity contribution >= 4 is 6.09 Å². The Labute approximate surface area is 183 Å². The fourth-order valence-corrected chi connectivity index (χ4v) is 4.22. The fourth-order valence-electron chi connectivity index (χ4n) is 4.22. The summed E-state index contributed by atoms with van der Waals surface area (Å²) in [5.41, 5.74) is 8.85. The SMILES string of the molecule is CC(C)C(c1nc(-c2ccccc2)cn1Cc1ccccc1)N1CC(CCN)OC1=O.